The summed E-state index contributed by atoms with van der Waals surface area (Å²) in [6.07, 6.45) is 1.47. The number of nitrogens with zero attached hydrogens (tertiary/aromatic N) is 3. The molecule has 0 aliphatic heterocycles. The van der Waals surface area contributed by atoms with E-state index in [1.165, 1.54) is 13.1 Å². The van der Waals surface area contributed by atoms with Crippen LogP contribution >= 0.6 is 11.8 Å². The van der Waals surface area contributed by atoms with Gasteiger partial charge in [0.2, 0.25) is 5.91 Å². The Morgan fingerprint density at radius 2 is 1.90 bits per heavy atom. The maximum Gasteiger partial charge on any atom is 0.262 e. The van der Waals surface area contributed by atoms with E-state index >= 15 is 0 Å². The predicted octanol–water partition coefficient (Wildman–Crippen LogP) is 3.43. The number of amides is 1. The first kappa shape index (κ1) is 20.5. The fraction of sp³-hybridized carbons (Fsp3) is 0.136. The molecule has 2 aromatic heterocycles. The lowest BCUT2D eigenvalue weighted by molar-refractivity contribution is -0.115. The Labute approximate surface area is 181 Å². The molecule has 0 aliphatic carbocycles. The van der Waals surface area contributed by atoms with E-state index in [2.05, 4.69) is 20.4 Å². The van der Waals surface area contributed by atoms with Gasteiger partial charge in [-0.25, -0.2) is 9.67 Å². The molecule has 0 radical (unpaired) electrons. The first-order valence-corrected chi connectivity index (χ1v) is 10.4. The molecule has 0 saturated heterocycles. The van der Waals surface area contributed by atoms with Gasteiger partial charge in [-0.15, -0.1) is 0 Å². The second-order valence-electron chi connectivity index (χ2n) is 6.89. The number of ketones is 1. The zero-order valence-corrected chi connectivity index (χ0v) is 17.6. The molecular formula is C22H19N5O3S. The zero-order valence-electron chi connectivity index (χ0n) is 16.8. The third-order valence-electron chi connectivity index (χ3n) is 4.61. The van der Waals surface area contributed by atoms with E-state index < -0.39 is 5.25 Å². The van der Waals surface area contributed by atoms with Crippen molar-refractivity contribution in [2.24, 2.45) is 0 Å². The molecule has 2 N–H and O–H groups in total. The first-order chi connectivity index (χ1) is 14.9. The summed E-state index contributed by atoms with van der Waals surface area (Å²) in [7, 11) is 0. The molecule has 1 unspecified atom stereocenters. The Bertz CT molecular complexity index is 1330. The van der Waals surface area contributed by atoms with Crippen LogP contribution in [0.1, 0.15) is 24.2 Å². The van der Waals surface area contributed by atoms with Gasteiger partial charge >= 0.3 is 0 Å². The number of carbonyl (C=O) groups is 2. The standard InChI is InChI=1S/C22H19N5O3S/c1-13(28)15-7-6-8-16(11-15)24-20(29)14(2)31-22-25-19-18(21(30)26-22)12-23-27(19)17-9-4-3-5-10-17/h3-12,14H,1-2H3,(H,24,29)(H,25,26,30). The number of aromatic nitrogens is 4. The molecule has 156 valence electrons. The lowest BCUT2D eigenvalue weighted by Crippen LogP contribution is -2.23. The number of Topliss-reactive ketones (excluding diaryl/α,β-unsaturated/α-hetero) is 1. The van der Waals surface area contributed by atoms with Crippen LogP contribution in [0, 0.1) is 0 Å². The third-order valence-corrected chi connectivity index (χ3v) is 5.60. The molecule has 2 heterocycles. The summed E-state index contributed by atoms with van der Waals surface area (Å²) in [6, 6.07) is 16.1. The Balaban J connectivity index is 1.56. The van der Waals surface area contributed by atoms with Crippen LogP contribution in [0.4, 0.5) is 5.69 Å². The van der Waals surface area contributed by atoms with Crippen LogP contribution in [0.5, 0.6) is 0 Å². The van der Waals surface area contributed by atoms with Gasteiger partial charge in [-0.1, -0.05) is 42.1 Å². The number of nitrogens with one attached hydrogen (secondary N) is 2. The van der Waals surface area contributed by atoms with E-state index in [0.29, 0.717) is 27.4 Å². The van der Waals surface area contributed by atoms with E-state index in [9.17, 15) is 14.4 Å². The van der Waals surface area contributed by atoms with E-state index in [-0.39, 0.29) is 17.2 Å². The number of benzene rings is 2. The SMILES string of the molecule is CC(=O)c1cccc(NC(=O)C(C)Sc2nc3c(cnn3-c3ccccc3)c(=O)[nH]2)c1. The van der Waals surface area contributed by atoms with Crippen molar-refractivity contribution in [2.45, 2.75) is 24.3 Å². The molecule has 0 spiro atoms. The molecule has 1 atom stereocenters. The number of hydrogen-bond donors (Lipinski definition) is 2. The van der Waals surface area contributed by atoms with Gasteiger partial charge in [0.1, 0.15) is 5.39 Å². The monoisotopic (exact) mass is 433 g/mol. The number of H-pyrrole nitrogens is 1. The fourth-order valence-corrected chi connectivity index (χ4v) is 3.78. The summed E-state index contributed by atoms with van der Waals surface area (Å²) in [5.74, 6) is -0.353. The van der Waals surface area contributed by atoms with Gasteiger partial charge in [-0.05, 0) is 38.1 Å². The van der Waals surface area contributed by atoms with Crippen LogP contribution in [0.2, 0.25) is 0 Å². The molecule has 2 aromatic carbocycles. The minimum absolute atomic E-state index is 0.0800. The maximum atomic E-state index is 12.6. The van der Waals surface area contributed by atoms with Gasteiger partial charge in [0.05, 0.1) is 17.1 Å². The lowest BCUT2D eigenvalue weighted by Gasteiger charge is -2.12. The highest BCUT2D eigenvalue weighted by atomic mass is 32.2. The van der Waals surface area contributed by atoms with Crippen LogP contribution < -0.4 is 10.9 Å². The van der Waals surface area contributed by atoms with Crippen LogP contribution in [0.25, 0.3) is 16.7 Å². The number of thioether (sulfide) groups is 1. The molecule has 31 heavy (non-hydrogen) atoms. The normalized spacial score (nSPS) is 11.9. The van der Waals surface area contributed by atoms with Crippen LogP contribution in [0.15, 0.2) is 70.7 Å². The van der Waals surface area contributed by atoms with E-state index in [4.69, 9.17) is 0 Å². The minimum Gasteiger partial charge on any atom is -0.325 e. The topological polar surface area (TPSA) is 110 Å². The number of anilines is 1. The summed E-state index contributed by atoms with van der Waals surface area (Å²) in [6.45, 7) is 3.19. The Morgan fingerprint density at radius 3 is 2.65 bits per heavy atom. The van der Waals surface area contributed by atoms with E-state index in [1.807, 2.05) is 30.3 Å². The number of hydrogen-bond acceptors (Lipinski definition) is 6. The second kappa shape index (κ2) is 8.57. The highest BCUT2D eigenvalue weighted by Gasteiger charge is 2.18. The Hall–Kier alpha value is -3.72. The average Bonchev–Trinajstić information content (AvgIpc) is 3.19. The van der Waals surface area contributed by atoms with Gasteiger partial charge in [0, 0.05) is 11.3 Å². The lowest BCUT2D eigenvalue weighted by atomic mass is 10.1. The average molecular weight is 433 g/mol. The predicted molar refractivity (Wildman–Crippen MR) is 120 cm³/mol. The summed E-state index contributed by atoms with van der Waals surface area (Å²) in [5, 5.41) is 7.21. The van der Waals surface area contributed by atoms with Crippen molar-refractivity contribution in [1.82, 2.24) is 19.7 Å². The molecule has 4 aromatic rings. The summed E-state index contributed by atoms with van der Waals surface area (Å²) in [4.78, 5) is 43.9. The maximum absolute atomic E-state index is 12.6. The minimum atomic E-state index is -0.547. The molecule has 0 aliphatic rings. The van der Waals surface area contributed by atoms with Gasteiger partial charge in [-0.2, -0.15) is 5.10 Å². The van der Waals surface area contributed by atoms with Gasteiger partial charge < -0.3 is 10.3 Å². The number of fused-ring (bicyclic) bond motifs is 1. The highest BCUT2D eigenvalue weighted by Crippen LogP contribution is 2.23. The Morgan fingerprint density at radius 1 is 1.13 bits per heavy atom. The molecule has 4 rings (SSSR count). The zero-order chi connectivity index (χ0) is 22.0. The fourth-order valence-electron chi connectivity index (χ4n) is 2.99. The van der Waals surface area contributed by atoms with Gasteiger partial charge in [-0.3, -0.25) is 14.4 Å². The molecule has 0 fully saturated rings. The highest BCUT2D eigenvalue weighted by molar-refractivity contribution is 8.00. The second-order valence-corrected chi connectivity index (χ2v) is 8.22. The van der Waals surface area contributed by atoms with Crippen molar-refractivity contribution in [3.8, 4) is 5.69 Å². The quantitative estimate of drug-likeness (QED) is 0.274. The van der Waals surface area contributed by atoms with Crippen LogP contribution in [0.3, 0.4) is 0 Å². The number of aromatic amines is 1. The van der Waals surface area contributed by atoms with Crippen LogP contribution in [-0.4, -0.2) is 36.7 Å². The van der Waals surface area contributed by atoms with Crippen molar-refractivity contribution in [3.63, 3.8) is 0 Å². The summed E-state index contributed by atoms with van der Waals surface area (Å²) in [5.41, 5.74) is 1.92. The van der Waals surface area contributed by atoms with Crippen molar-refractivity contribution in [3.05, 3.63) is 76.7 Å². The van der Waals surface area contributed by atoms with Gasteiger partial charge in [0.15, 0.2) is 16.6 Å². The molecule has 8 nitrogen and oxygen atoms in total. The molecule has 1 amide bonds. The van der Waals surface area contributed by atoms with Crippen molar-refractivity contribution in [1.29, 1.82) is 0 Å². The van der Waals surface area contributed by atoms with Crippen LogP contribution in [-0.2, 0) is 4.79 Å². The van der Waals surface area contributed by atoms with Crippen molar-refractivity contribution in [2.75, 3.05) is 5.32 Å². The smallest absolute Gasteiger partial charge is 0.262 e. The van der Waals surface area contributed by atoms with E-state index in [0.717, 1.165) is 17.4 Å². The Kier molecular flexibility index (Phi) is 5.68. The molecule has 9 heteroatoms. The van der Waals surface area contributed by atoms with Crippen molar-refractivity contribution < 1.29 is 9.59 Å². The van der Waals surface area contributed by atoms with E-state index in [1.54, 1.807) is 35.9 Å². The number of carbonyl (C=O) groups excluding carboxylic acids is 2. The van der Waals surface area contributed by atoms with Gasteiger partial charge in [0.25, 0.3) is 5.56 Å². The van der Waals surface area contributed by atoms with Crippen molar-refractivity contribution >= 4 is 40.2 Å². The molecule has 0 bridgehead atoms. The largest absolute Gasteiger partial charge is 0.325 e. The molecular weight excluding hydrogens is 414 g/mol. The number of rotatable bonds is 6. The number of para-hydroxylation sites is 1. The molecule has 0 saturated carbocycles. The third kappa shape index (κ3) is 4.41. The first-order valence-electron chi connectivity index (χ1n) is 9.54. The summed E-state index contributed by atoms with van der Waals surface area (Å²) < 4.78 is 1.59. The summed E-state index contributed by atoms with van der Waals surface area (Å²) >= 11 is 1.13.